The SMILES string of the molecule is C=C/S(=C/C)N1CCN(Cc2ccc(-n3c(-c4cccnc4N)nc4ccc(-c5ccccc5)nc43)cc2)CC1. The van der Waals surface area contributed by atoms with Crippen LogP contribution in [0.1, 0.15) is 12.5 Å². The lowest BCUT2D eigenvalue weighted by Gasteiger charge is -2.35. The Bertz CT molecular complexity index is 1670. The first-order chi connectivity index (χ1) is 19.6. The predicted octanol–water partition coefficient (Wildman–Crippen LogP) is 6.00. The van der Waals surface area contributed by atoms with Crippen molar-refractivity contribution in [1.82, 2.24) is 28.7 Å². The normalized spacial score (nSPS) is 15.4. The maximum atomic E-state index is 6.32. The number of anilines is 1. The molecular formula is C32H33N7S. The van der Waals surface area contributed by atoms with Crippen LogP contribution in [0.4, 0.5) is 5.82 Å². The molecule has 1 aliphatic heterocycles. The Balaban J connectivity index is 1.33. The molecule has 1 unspecified atom stereocenters. The van der Waals surface area contributed by atoms with Crippen molar-refractivity contribution in [3.8, 4) is 28.3 Å². The lowest BCUT2D eigenvalue weighted by molar-refractivity contribution is 0.189. The fourth-order valence-corrected chi connectivity index (χ4v) is 6.50. The summed E-state index contributed by atoms with van der Waals surface area (Å²) >= 11 is 0. The van der Waals surface area contributed by atoms with Gasteiger partial charge in [-0.1, -0.05) is 59.7 Å². The molecule has 1 atom stereocenters. The highest BCUT2D eigenvalue weighted by atomic mass is 32.2. The van der Waals surface area contributed by atoms with Crippen LogP contribution in [0.2, 0.25) is 0 Å². The molecule has 2 aromatic carbocycles. The molecule has 7 nitrogen and oxygen atoms in total. The van der Waals surface area contributed by atoms with Crippen molar-refractivity contribution in [3.63, 3.8) is 0 Å². The number of aromatic nitrogens is 4. The molecule has 8 heteroatoms. The Kier molecular flexibility index (Phi) is 7.55. The zero-order valence-corrected chi connectivity index (χ0v) is 23.5. The quantitative estimate of drug-likeness (QED) is 0.252. The van der Waals surface area contributed by atoms with E-state index in [2.05, 4.69) is 79.4 Å². The second kappa shape index (κ2) is 11.6. The second-order valence-electron chi connectivity index (χ2n) is 9.73. The van der Waals surface area contributed by atoms with Gasteiger partial charge >= 0.3 is 0 Å². The fourth-order valence-electron chi connectivity index (χ4n) is 5.22. The largest absolute Gasteiger partial charge is 0.383 e. The number of benzene rings is 2. The van der Waals surface area contributed by atoms with Crippen LogP contribution < -0.4 is 5.73 Å². The van der Waals surface area contributed by atoms with E-state index in [0.717, 1.165) is 72.2 Å². The molecule has 1 fully saturated rings. The van der Waals surface area contributed by atoms with Crippen LogP contribution in [0, 0.1) is 0 Å². The molecular weight excluding hydrogens is 514 g/mol. The van der Waals surface area contributed by atoms with Gasteiger partial charge in [0.1, 0.15) is 11.3 Å². The van der Waals surface area contributed by atoms with Crippen LogP contribution in [-0.2, 0) is 6.54 Å². The Morgan fingerprint density at radius 1 is 0.900 bits per heavy atom. The molecule has 0 amide bonds. The number of hydrogen-bond acceptors (Lipinski definition) is 6. The van der Waals surface area contributed by atoms with E-state index >= 15 is 0 Å². The van der Waals surface area contributed by atoms with Crippen LogP contribution in [0.15, 0.2) is 97.0 Å². The van der Waals surface area contributed by atoms with Crippen LogP contribution >= 0.6 is 10.7 Å². The summed E-state index contributed by atoms with van der Waals surface area (Å²) < 4.78 is 4.61. The van der Waals surface area contributed by atoms with Crippen LogP contribution in [0.3, 0.4) is 0 Å². The van der Waals surface area contributed by atoms with Crippen LogP contribution in [0.5, 0.6) is 0 Å². The molecule has 1 aliphatic rings. The topological polar surface area (TPSA) is 76.1 Å². The fraction of sp³-hybridized carbons (Fsp3) is 0.188. The number of fused-ring (bicyclic) bond motifs is 1. The number of pyridine rings is 2. The first-order valence-corrected chi connectivity index (χ1v) is 14.8. The Morgan fingerprint density at radius 3 is 2.38 bits per heavy atom. The van der Waals surface area contributed by atoms with E-state index in [9.17, 15) is 0 Å². The lowest BCUT2D eigenvalue weighted by Crippen LogP contribution is -2.43. The molecule has 3 aromatic heterocycles. The Hall–Kier alpha value is -4.11. The van der Waals surface area contributed by atoms with Gasteiger partial charge in [0.15, 0.2) is 11.5 Å². The highest BCUT2D eigenvalue weighted by molar-refractivity contribution is 8.15. The third-order valence-electron chi connectivity index (χ3n) is 7.30. The summed E-state index contributed by atoms with van der Waals surface area (Å²) in [7, 11) is 0.0652. The van der Waals surface area contributed by atoms with Crippen molar-refractivity contribution in [3.05, 3.63) is 103 Å². The van der Waals surface area contributed by atoms with Crippen molar-refractivity contribution in [2.45, 2.75) is 13.5 Å². The van der Waals surface area contributed by atoms with Crippen molar-refractivity contribution in [2.24, 2.45) is 0 Å². The third-order valence-corrected chi connectivity index (χ3v) is 9.08. The van der Waals surface area contributed by atoms with Gasteiger partial charge in [-0.05, 0) is 59.7 Å². The van der Waals surface area contributed by atoms with Gasteiger partial charge in [0.05, 0.1) is 11.3 Å². The number of nitrogen functional groups attached to an aromatic ring is 1. The minimum Gasteiger partial charge on any atom is -0.383 e. The standard InChI is InChI=1S/C32H33N7S/c1-3-40(4-2)38-21-19-37(20-22-38)23-24-12-14-26(15-13-24)39-31(27-11-8-18-34-30(27)33)36-29-17-16-28(35-32(29)39)25-9-6-5-7-10-25/h3-18H,1,19-23H2,2H3,(H2,33,34). The molecule has 2 N–H and O–H groups in total. The van der Waals surface area contributed by atoms with Gasteiger partial charge in [-0.3, -0.25) is 13.8 Å². The average molecular weight is 548 g/mol. The summed E-state index contributed by atoms with van der Waals surface area (Å²) in [6.07, 6.45) is 1.70. The zero-order chi connectivity index (χ0) is 27.5. The van der Waals surface area contributed by atoms with E-state index in [4.69, 9.17) is 15.7 Å². The van der Waals surface area contributed by atoms with Crippen molar-refractivity contribution in [2.75, 3.05) is 31.9 Å². The average Bonchev–Trinajstić information content (AvgIpc) is 3.38. The van der Waals surface area contributed by atoms with Gasteiger partial charge in [0.25, 0.3) is 0 Å². The summed E-state index contributed by atoms with van der Waals surface area (Å²) in [5.74, 6) is 1.17. The molecule has 40 heavy (non-hydrogen) atoms. The first-order valence-electron chi connectivity index (χ1n) is 13.5. The molecule has 0 spiro atoms. The maximum absolute atomic E-state index is 6.32. The number of hydrogen-bond donors (Lipinski definition) is 1. The molecule has 0 aliphatic carbocycles. The summed E-state index contributed by atoms with van der Waals surface area (Å²) in [6, 6.07) is 26.8. The monoisotopic (exact) mass is 547 g/mol. The van der Waals surface area contributed by atoms with Crippen molar-refractivity contribution in [1.29, 1.82) is 0 Å². The number of nitrogens with two attached hydrogens (primary N) is 1. The van der Waals surface area contributed by atoms with Crippen LogP contribution in [-0.4, -0.2) is 60.3 Å². The Morgan fingerprint density at radius 2 is 1.68 bits per heavy atom. The van der Waals surface area contributed by atoms with Gasteiger partial charge in [-0.2, -0.15) is 0 Å². The van der Waals surface area contributed by atoms with Gasteiger partial charge in [-0.25, -0.2) is 15.0 Å². The summed E-state index contributed by atoms with van der Waals surface area (Å²) in [6.45, 7) is 11.3. The smallest absolute Gasteiger partial charge is 0.165 e. The first kappa shape index (κ1) is 26.1. The van der Waals surface area contributed by atoms with Gasteiger partial charge < -0.3 is 5.73 Å². The van der Waals surface area contributed by atoms with E-state index in [1.54, 1.807) is 6.20 Å². The zero-order valence-electron chi connectivity index (χ0n) is 22.6. The molecule has 6 rings (SSSR count). The molecule has 0 bridgehead atoms. The molecule has 0 saturated carbocycles. The summed E-state index contributed by atoms with van der Waals surface area (Å²) in [5.41, 5.74) is 12.9. The second-order valence-corrected chi connectivity index (χ2v) is 11.7. The van der Waals surface area contributed by atoms with Gasteiger partial charge in [-0.15, -0.1) is 0 Å². The highest BCUT2D eigenvalue weighted by Crippen LogP contribution is 2.32. The summed E-state index contributed by atoms with van der Waals surface area (Å²) in [5, 5.41) is 4.30. The van der Waals surface area contributed by atoms with E-state index in [1.807, 2.05) is 42.5 Å². The van der Waals surface area contributed by atoms with Gasteiger partial charge in [0, 0.05) is 50.2 Å². The van der Waals surface area contributed by atoms with Crippen molar-refractivity contribution < 1.29 is 0 Å². The van der Waals surface area contributed by atoms with E-state index in [-0.39, 0.29) is 10.7 Å². The van der Waals surface area contributed by atoms with Gasteiger partial charge in [0.2, 0.25) is 0 Å². The summed E-state index contributed by atoms with van der Waals surface area (Å²) in [4.78, 5) is 16.9. The molecule has 202 valence electrons. The number of nitrogens with zero attached hydrogens (tertiary/aromatic N) is 6. The van der Waals surface area contributed by atoms with Crippen LogP contribution in [0.25, 0.3) is 39.5 Å². The van der Waals surface area contributed by atoms with E-state index in [1.165, 1.54) is 5.56 Å². The predicted molar refractivity (Wildman–Crippen MR) is 168 cm³/mol. The maximum Gasteiger partial charge on any atom is 0.165 e. The molecule has 0 radical (unpaired) electrons. The molecule has 1 saturated heterocycles. The highest BCUT2D eigenvalue weighted by Gasteiger charge is 2.20. The molecule has 5 aromatic rings. The Labute approximate surface area is 237 Å². The van der Waals surface area contributed by atoms with E-state index < -0.39 is 0 Å². The van der Waals surface area contributed by atoms with Crippen molar-refractivity contribution >= 4 is 33.0 Å². The number of piperazine rings is 1. The van der Waals surface area contributed by atoms with E-state index in [0.29, 0.717) is 5.82 Å². The number of imidazole rings is 1. The molecule has 4 heterocycles. The third kappa shape index (κ3) is 5.21. The lowest BCUT2D eigenvalue weighted by atomic mass is 10.1. The minimum atomic E-state index is 0.0652. The minimum absolute atomic E-state index is 0.0652. The number of rotatable bonds is 7.